The van der Waals surface area contributed by atoms with Gasteiger partial charge in [-0.25, -0.2) is 9.78 Å². The average molecular weight is 286 g/mol. The Kier molecular flexibility index (Phi) is 5.91. The molecule has 0 atom stereocenters. The molecular formula is C17H22N2O2. The maximum absolute atomic E-state index is 10.9. The summed E-state index contributed by atoms with van der Waals surface area (Å²) in [5.41, 5.74) is 3.26. The SMILES string of the molecule is CC.Cc1ccc(N(C)c2ccc(C(=O)O)cc2C)nc1. The molecular weight excluding hydrogens is 264 g/mol. The molecule has 0 aliphatic rings. The molecule has 0 saturated heterocycles. The largest absolute Gasteiger partial charge is 0.478 e. The first-order valence-electron chi connectivity index (χ1n) is 6.99. The van der Waals surface area contributed by atoms with Crippen molar-refractivity contribution in [3.63, 3.8) is 0 Å². The van der Waals surface area contributed by atoms with E-state index in [9.17, 15) is 4.79 Å². The van der Waals surface area contributed by atoms with E-state index in [1.807, 2.05) is 58.0 Å². The molecule has 0 spiro atoms. The van der Waals surface area contributed by atoms with Gasteiger partial charge in [0.25, 0.3) is 0 Å². The second-order valence-electron chi connectivity index (χ2n) is 4.56. The Hall–Kier alpha value is -2.36. The monoisotopic (exact) mass is 286 g/mol. The number of hydrogen-bond acceptors (Lipinski definition) is 3. The number of nitrogens with zero attached hydrogens (tertiary/aromatic N) is 2. The van der Waals surface area contributed by atoms with Crippen LogP contribution in [-0.4, -0.2) is 23.1 Å². The second-order valence-corrected chi connectivity index (χ2v) is 4.56. The number of hydrogen-bond donors (Lipinski definition) is 1. The Balaban J connectivity index is 0.00000106. The smallest absolute Gasteiger partial charge is 0.335 e. The summed E-state index contributed by atoms with van der Waals surface area (Å²) < 4.78 is 0. The lowest BCUT2D eigenvalue weighted by Crippen LogP contribution is -2.13. The molecule has 4 heteroatoms. The Morgan fingerprint density at radius 3 is 2.29 bits per heavy atom. The molecule has 0 aliphatic heterocycles. The third kappa shape index (κ3) is 4.05. The van der Waals surface area contributed by atoms with Gasteiger partial charge in [0.05, 0.1) is 5.56 Å². The molecule has 0 radical (unpaired) electrons. The van der Waals surface area contributed by atoms with Gasteiger partial charge in [-0.1, -0.05) is 19.9 Å². The summed E-state index contributed by atoms with van der Waals surface area (Å²) in [5.74, 6) is -0.0810. The van der Waals surface area contributed by atoms with Crippen LogP contribution in [0.4, 0.5) is 11.5 Å². The van der Waals surface area contributed by atoms with E-state index < -0.39 is 5.97 Å². The molecule has 0 bridgehead atoms. The molecule has 0 fully saturated rings. The summed E-state index contributed by atoms with van der Waals surface area (Å²) >= 11 is 0. The minimum absolute atomic E-state index is 0.298. The van der Waals surface area contributed by atoms with Gasteiger partial charge in [-0.2, -0.15) is 0 Å². The fourth-order valence-electron chi connectivity index (χ4n) is 1.95. The highest BCUT2D eigenvalue weighted by molar-refractivity contribution is 5.88. The fraction of sp³-hybridized carbons (Fsp3) is 0.294. The maximum atomic E-state index is 10.9. The Labute approximate surface area is 126 Å². The summed E-state index contributed by atoms with van der Waals surface area (Å²) in [6.07, 6.45) is 1.81. The van der Waals surface area contributed by atoms with Gasteiger partial charge in [0.15, 0.2) is 0 Å². The van der Waals surface area contributed by atoms with E-state index in [1.54, 1.807) is 18.2 Å². The minimum Gasteiger partial charge on any atom is -0.478 e. The van der Waals surface area contributed by atoms with Gasteiger partial charge in [0.2, 0.25) is 0 Å². The Bertz CT molecular complexity index is 607. The van der Waals surface area contributed by atoms with Gasteiger partial charge in [-0.3, -0.25) is 0 Å². The van der Waals surface area contributed by atoms with Crippen molar-refractivity contribution in [3.8, 4) is 0 Å². The molecule has 1 N–H and O–H groups in total. The van der Waals surface area contributed by atoms with Crippen molar-refractivity contribution in [2.45, 2.75) is 27.7 Å². The predicted molar refractivity (Wildman–Crippen MR) is 86.5 cm³/mol. The normalized spacial score (nSPS) is 9.57. The van der Waals surface area contributed by atoms with Crippen LogP contribution in [0.2, 0.25) is 0 Å². The number of benzene rings is 1. The van der Waals surface area contributed by atoms with Gasteiger partial charge in [-0.05, 0) is 49.2 Å². The lowest BCUT2D eigenvalue weighted by atomic mass is 10.1. The third-order valence-corrected chi connectivity index (χ3v) is 3.04. The molecule has 4 nitrogen and oxygen atoms in total. The van der Waals surface area contributed by atoms with Crippen molar-refractivity contribution in [3.05, 3.63) is 53.2 Å². The molecule has 0 unspecified atom stereocenters. The summed E-state index contributed by atoms with van der Waals surface area (Å²) in [5, 5.41) is 8.96. The van der Waals surface area contributed by atoms with Gasteiger partial charge in [0.1, 0.15) is 5.82 Å². The lowest BCUT2D eigenvalue weighted by Gasteiger charge is -2.20. The number of aromatic carboxylic acids is 1. The molecule has 1 aromatic heterocycles. The van der Waals surface area contributed by atoms with Crippen LogP contribution in [-0.2, 0) is 0 Å². The zero-order chi connectivity index (χ0) is 16.0. The molecule has 112 valence electrons. The van der Waals surface area contributed by atoms with Crippen LogP contribution in [0.5, 0.6) is 0 Å². The van der Waals surface area contributed by atoms with Crippen LogP contribution in [0.15, 0.2) is 36.5 Å². The predicted octanol–water partition coefficient (Wildman–Crippen LogP) is 4.19. The van der Waals surface area contributed by atoms with Crippen molar-refractivity contribution in [2.24, 2.45) is 0 Å². The van der Waals surface area contributed by atoms with Crippen molar-refractivity contribution in [2.75, 3.05) is 11.9 Å². The molecule has 21 heavy (non-hydrogen) atoms. The number of aryl methyl sites for hydroxylation is 2. The van der Waals surface area contributed by atoms with E-state index in [-0.39, 0.29) is 0 Å². The first-order valence-corrected chi connectivity index (χ1v) is 6.99. The van der Waals surface area contributed by atoms with Crippen LogP contribution in [0.3, 0.4) is 0 Å². The van der Waals surface area contributed by atoms with E-state index in [0.29, 0.717) is 5.56 Å². The number of pyridine rings is 1. The van der Waals surface area contributed by atoms with E-state index in [4.69, 9.17) is 5.11 Å². The van der Waals surface area contributed by atoms with Crippen LogP contribution >= 0.6 is 0 Å². The molecule has 1 heterocycles. The van der Waals surface area contributed by atoms with Crippen LogP contribution in [0.25, 0.3) is 0 Å². The van der Waals surface area contributed by atoms with Gasteiger partial charge in [0, 0.05) is 18.9 Å². The van der Waals surface area contributed by atoms with Crippen LogP contribution in [0.1, 0.15) is 35.3 Å². The number of anilines is 2. The fourth-order valence-corrected chi connectivity index (χ4v) is 1.95. The summed E-state index contributed by atoms with van der Waals surface area (Å²) in [7, 11) is 1.92. The number of aromatic nitrogens is 1. The van der Waals surface area contributed by atoms with Crippen molar-refractivity contribution < 1.29 is 9.90 Å². The first-order chi connectivity index (χ1) is 9.99. The zero-order valence-corrected chi connectivity index (χ0v) is 13.2. The zero-order valence-electron chi connectivity index (χ0n) is 13.2. The van der Waals surface area contributed by atoms with Gasteiger partial charge >= 0.3 is 5.97 Å². The quantitative estimate of drug-likeness (QED) is 0.919. The number of rotatable bonds is 3. The summed E-state index contributed by atoms with van der Waals surface area (Å²) in [6.45, 7) is 7.89. The van der Waals surface area contributed by atoms with Crippen LogP contribution < -0.4 is 4.90 Å². The third-order valence-electron chi connectivity index (χ3n) is 3.04. The average Bonchev–Trinajstić information content (AvgIpc) is 2.49. The topological polar surface area (TPSA) is 53.4 Å². The summed E-state index contributed by atoms with van der Waals surface area (Å²) in [4.78, 5) is 17.2. The Morgan fingerprint density at radius 1 is 1.14 bits per heavy atom. The molecule has 0 aliphatic carbocycles. The molecule has 2 aromatic rings. The second kappa shape index (κ2) is 7.43. The van der Waals surface area contributed by atoms with E-state index in [1.165, 1.54) is 0 Å². The highest BCUT2D eigenvalue weighted by Crippen LogP contribution is 2.26. The first kappa shape index (κ1) is 16.7. The molecule has 0 amide bonds. The van der Waals surface area contributed by atoms with Crippen molar-refractivity contribution in [1.82, 2.24) is 4.98 Å². The minimum atomic E-state index is -0.911. The van der Waals surface area contributed by atoms with Crippen LogP contribution in [0, 0.1) is 13.8 Å². The van der Waals surface area contributed by atoms with E-state index >= 15 is 0 Å². The Morgan fingerprint density at radius 2 is 1.81 bits per heavy atom. The number of carbonyl (C=O) groups is 1. The number of carboxylic acid groups (broad SMARTS) is 1. The van der Waals surface area contributed by atoms with Crippen molar-refractivity contribution in [1.29, 1.82) is 0 Å². The maximum Gasteiger partial charge on any atom is 0.335 e. The summed E-state index contributed by atoms with van der Waals surface area (Å²) in [6, 6.07) is 9.03. The van der Waals surface area contributed by atoms with E-state index in [0.717, 1.165) is 22.6 Å². The molecule has 1 aromatic carbocycles. The highest BCUT2D eigenvalue weighted by Gasteiger charge is 2.10. The van der Waals surface area contributed by atoms with E-state index in [2.05, 4.69) is 4.98 Å². The number of carboxylic acids is 1. The van der Waals surface area contributed by atoms with Crippen molar-refractivity contribution >= 4 is 17.5 Å². The highest BCUT2D eigenvalue weighted by atomic mass is 16.4. The van der Waals surface area contributed by atoms with Gasteiger partial charge in [-0.15, -0.1) is 0 Å². The lowest BCUT2D eigenvalue weighted by molar-refractivity contribution is 0.0697. The molecule has 2 rings (SSSR count). The standard InChI is InChI=1S/C15H16N2O2.C2H6/c1-10-4-7-14(16-9-10)17(3)13-6-5-12(15(18)19)8-11(13)2;1-2/h4-9H,1-3H3,(H,18,19);1-2H3. The molecule has 0 saturated carbocycles. The van der Waals surface area contributed by atoms with Gasteiger partial charge < -0.3 is 10.0 Å².